The molecule has 0 radical (unpaired) electrons. The van der Waals surface area contributed by atoms with Gasteiger partial charge < -0.3 is 15.5 Å². The minimum absolute atomic E-state index is 0.0121. The number of urea groups is 1. The molecule has 0 spiro atoms. The third kappa shape index (κ3) is 5.28. The summed E-state index contributed by atoms with van der Waals surface area (Å²) < 4.78 is 1.63. The Morgan fingerprint density at radius 2 is 1.74 bits per heavy atom. The lowest BCUT2D eigenvalue weighted by Gasteiger charge is -2.40. The van der Waals surface area contributed by atoms with Gasteiger partial charge in [-0.05, 0) is 37.1 Å². The molecule has 10 nitrogen and oxygen atoms in total. The number of fused-ring (bicyclic) bond motifs is 1. The van der Waals surface area contributed by atoms with Gasteiger partial charge in [0.05, 0.1) is 18.4 Å². The molecule has 1 unspecified atom stereocenters. The van der Waals surface area contributed by atoms with Crippen LogP contribution in [0, 0.1) is 12.8 Å². The summed E-state index contributed by atoms with van der Waals surface area (Å²) in [6, 6.07) is 5.65. The quantitative estimate of drug-likeness (QED) is 0.606. The van der Waals surface area contributed by atoms with Crippen LogP contribution < -0.4 is 10.6 Å². The van der Waals surface area contributed by atoms with Crippen LogP contribution in [0.3, 0.4) is 0 Å². The van der Waals surface area contributed by atoms with Crippen molar-refractivity contribution in [3.63, 3.8) is 0 Å². The first-order chi connectivity index (χ1) is 16.8. The molecule has 2 aromatic rings. The first-order valence-corrected chi connectivity index (χ1v) is 12.4. The highest BCUT2D eigenvalue weighted by molar-refractivity contribution is 6.30. The Balaban J connectivity index is 1.37. The molecule has 0 aliphatic carbocycles. The van der Waals surface area contributed by atoms with E-state index in [2.05, 4.69) is 15.6 Å². The maximum Gasteiger partial charge on any atom is 0.344 e. The van der Waals surface area contributed by atoms with Crippen LogP contribution in [0.4, 0.5) is 15.3 Å². The highest BCUT2D eigenvalue weighted by Gasteiger charge is 2.37. The van der Waals surface area contributed by atoms with Crippen molar-refractivity contribution in [1.82, 2.24) is 29.8 Å². The lowest BCUT2D eigenvalue weighted by Crippen LogP contribution is -2.59. The van der Waals surface area contributed by atoms with Gasteiger partial charge in [0.25, 0.3) is 0 Å². The van der Waals surface area contributed by atoms with Crippen molar-refractivity contribution in [3.8, 4) is 0 Å². The van der Waals surface area contributed by atoms with Crippen LogP contribution in [-0.4, -0.2) is 74.7 Å². The van der Waals surface area contributed by atoms with E-state index in [1.807, 2.05) is 25.8 Å². The van der Waals surface area contributed by atoms with Crippen molar-refractivity contribution in [3.05, 3.63) is 47.0 Å². The molecule has 3 heterocycles. The van der Waals surface area contributed by atoms with Crippen LogP contribution in [-0.2, 0) is 11.3 Å². The average Bonchev–Trinajstić information content (AvgIpc) is 3.39. The van der Waals surface area contributed by atoms with E-state index in [0.717, 1.165) is 18.5 Å². The van der Waals surface area contributed by atoms with Crippen LogP contribution in [0.5, 0.6) is 0 Å². The summed E-state index contributed by atoms with van der Waals surface area (Å²) in [6.45, 7) is 8.39. The van der Waals surface area contributed by atoms with Gasteiger partial charge in [-0.15, -0.1) is 0 Å². The van der Waals surface area contributed by atoms with E-state index < -0.39 is 12.1 Å². The minimum Gasteiger partial charge on any atom is -0.338 e. The molecule has 1 saturated heterocycles. The van der Waals surface area contributed by atoms with Crippen molar-refractivity contribution in [2.75, 3.05) is 31.5 Å². The Kier molecular flexibility index (Phi) is 7.61. The van der Waals surface area contributed by atoms with Crippen LogP contribution >= 0.6 is 11.6 Å². The molecular weight excluding hydrogens is 470 g/mol. The number of aryl methyl sites for hydroxylation is 1. The largest absolute Gasteiger partial charge is 0.344 e. The number of anilines is 1. The zero-order valence-corrected chi connectivity index (χ0v) is 21.1. The second-order valence-corrected chi connectivity index (χ2v) is 9.35. The second kappa shape index (κ2) is 10.7. The van der Waals surface area contributed by atoms with E-state index in [4.69, 9.17) is 11.6 Å². The molecule has 1 aromatic heterocycles. The molecule has 35 heavy (non-hydrogen) atoms. The third-order valence-electron chi connectivity index (χ3n) is 6.82. The molecule has 1 aromatic carbocycles. The van der Waals surface area contributed by atoms with Gasteiger partial charge in [-0.3, -0.25) is 9.80 Å². The number of carbonyl (C=O) groups excluding carboxylic acids is 3. The fourth-order valence-corrected chi connectivity index (χ4v) is 4.88. The van der Waals surface area contributed by atoms with Crippen molar-refractivity contribution >= 4 is 35.3 Å². The van der Waals surface area contributed by atoms with Crippen molar-refractivity contribution in [2.45, 2.75) is 46.2 Å². The SMILES string of the molecule is CCC(CC)C(NC(=O)Nc1ccc(Cl)cc1)C(=O)N1CCN(N2Cc3cnc(C)n3C2=O)CC1. The van der Waals surface area contributed by atoms with E-state index in [1.165, 1.54) is 0 Å². The van der Waals surface area contributed by atoms with Crippen LogP contribution in [0.15, 0.2) is 30.5 Å². The number of carbonyl (C=O) groups is 3. The maximum absolute atomic E-state index is 13.5. The second-order valence-electron chi connectivity index (χ2n) is 8.91. The summed E-state index contributed by atoms with van der Waals surface area (Å²) in [6.07, 6.45) is 3.26. The standard InChI is InChI=1S/C24H32ClN7O3/c1-4-17(5-2)21(28-23(34)27-19-8-6-18(25)7-9-19)22(33)29-10-12-30(13-11-29)31-15-20-14-26-16(3)32(20)24(31)35/h6-9,14,17,21H,4-5,10-13,15H2,1-3H3,(H2,27,28,34). The minimum atomic E-state index is -0.633. The molecule has 4 amide bonds. The van der Waals surface area contributed by atoms with Crippen molar-refractivity contribution in [1.29, 1.82) is 0 Å². The van der Waals surface area contributed by atoms with Gasteiger partial charge in [-0.1, -0.05) is 38.3 Å². The summed E-state index contributed by atoms with van der Waals surface area (Å²) >= 11 is 5.92. The molecule has 2 N–H and O–H groups in total. The molecular formula is C24H32ClN7O3. The van der Waals surface area contributed by atoms with Crippen LogP contribution in [0.25, 0.3) is 0 Å². The zero-order chi connectivity index (χ0) is 25.1. The summed E-state index contributed by atoms with van der Waals surface area (Å²) in [4.78, 5) is 45.1. The number of hydrogen-bond donors (Lipinski definition) is 2. The Morgan fingerprint density at radius 3 is 2.34 bits per heavy atom. The summed E-state index contributed by atoms with van der Waals surface area (Å²) in [7, 11) is 0. The van der Waals surface area contributed by atoms with E-state index in [9.17, 15) is 14.4 Å². The molecule has 1 fully saturated rings. The van der Waals surface area contributed by atoms with Crippen molar-refractivity contribution < 1.29 is 14.4 Å². The molecule has 2 aliphatic heterocycles. The summed E-state index contributed by atoms with van der Waals surface area (Å²) in [5.41, 5.74) is 1.47. The number of piperazine rings is 1. The maximum atomic E-state index is 13.5. The number of aromatic nitrogens is 2. The monoisotopic (exact) mass is 501 g/mol. The number of rotatable bonds is 7. The first kappa shape index (κ1) is 25.0. The number of nitrogens with one attached hydrogen (secondary N) is 2. The Labute approximate surface area is 210 Å². The number of halogens is 1. The summed E-state index contributed by atoms with van der Waals surface area (Å²) in [5, 5.41) is 9.98. The van der Waals surface area contributed by atoms with Gasteiger partial charge in [0.1, 0.15) is 11.9 Å². The van der Waals surface area contributed by atoms with Crippen molar-refractivity contribution in [2.24, 2.45) is 5.92 Å². The van der Waals surface area contributed by atoms with Gasteiger partial charge in [-0.2, -0.15) is 0 Å². The Morgan fingerprint density at radius 1 is 1.09 bits per heavy atom. The fraction of sp³-hybridized carbons (Fsp3) is 0.500. The van der Waals surface area contributed by atoms with Crippen LogP contribution in [0.1, 0.15) is 38.2 Å². The number of amides is 4. The third-order valence-corrected chi connectivity index (χ3v) is 7.07. The van der Waals surface area contributed by atoms with Gasteiger partial charge in [0.2, 0.25) is 5.91 Å². The van der Waals surface area contributed by atoms with Gasteiger partial charge >= 0.3 is 12.1 Å². The Bertz CT molecular complexity index is 1080. The topological polar surface area (TPSA) is 103 Å². The molecule has 0 bridgehead atoms. The van der Waals surface area contributed by atoms with Gasteiger partial charge in [0, 0.05) is 36.9 Å². The fourth-order valence-electron chi connectivity index (χ4n) is 4.76. The number of hydrazine groups is 1. The molecule has 2 aliphatic rings. The normalized spacial score (nSPS) is 17.0. The average molecular weight is 502 g/mol. The molecule has 0 saturated carbocycles. The lowest BCUT2D eigenvalue weighted by atomic mass is 9.93. The van der Waals surface area contributed by atoms with Gasteiger partial charge in [-0.25, -0.2) is 24.1 Å². The molecule has 1 atom stereocenters. The smallest absolute Gasteiger partial charge is 0.338 e. The van der Waals surface area contributed by atoms with Gasteiger partial charge in [0.15, 0.2) is 0 Å². The number of nitrogens with zero attached hydrogens (tertiary/aromatic N) is 5. The number of imidazole rings is 1. The highest BCUT2D eigenvalue weighted by Crippen LogP contribution is 2.23. The molecule has 4 rings (SSSR count). The summed E-state index contributed by atoms with van der Waals surface area (Å²) in [5.74, 6) is 0.596. The molecule has 188 valence electrons. The van der Waals surface area contributed by atoms with E-state index in [1.54, 1.807) is 44.9 Å². The Hall–Kier alpha value is -3.11. The predicted molar refractivity (Wildman–Crippen MR) is 133 cm³/mol. The number of benzene rings is 1. The first-order valence-electron chi connectivity index (χ1n) is 12.0. The zero-order valence-electron chi connectivity index (χ0n) is 20.3. The highest BCUT2D eigenvalue weighted by atomic mass is 35.5. The molecule has 11 heteroatoms. The van der Waals surface area contributed by atoms with Crippen LogP contribution in [0.2, 0.25) is 5.02 Å². The lowest BCUT2D eigenvalue weighted by molar-refractivity contribution is -0.138. The van der Waals surface area contributed by atoms with E-state index in [-0.39, 0.29) is 17.9 Å². The van der Waals surface area contributed by atoms with E-state index in [0.29, 0.717) is 49.3 Å². The predicted octanol–water partition coefficient (Wildman–Crippen LogP) is 3.31. The number of hydrogen-bond acceptors (Lipinski definition) is 5. The van der Waals surface area contributed by atoms with E-state index >= 15 is 0 Å².